The molecule has 1 N–H and O–H groups in total. The summed E-state index contributed by atoms with van der Waals surface area (Å²) in [6.45, 7) is 4.46. The average molecular weight is 364 g/mol. The van der Waals surface area contributed by atoms with Gasteiger partial charge in [-0.05, 0) is 17.9 Å². The van der Waals surface area contributed by atoms with Gasteiger partial charge in [-0.15, -0.1) is 11.6 Å². The van der Waals surface area contributed by atoms with Crippen LogP contribution in [0.1, 0.15) is 30.6 Å². The molecule has 0 unspecified atom stereocenters. The fourth-order valence-corrected chi connectivity index (χ4v) is 2.57. The molecule has 1 amide bonds. The average Bonchev–Trinajstić information content (AvgIpc) is 2.35. The lowest BCUT2D eigenvalue weighted by Crippen LogP contribution is -2.34. The van der Waals surface area contributed by atoms with E-state index in [4.69, 9.17) is 11.6 Å². The van der Waals surface area contributed by atoms with Gasteiger partial charge in [-0.2, -0.15) is 0 Å². The van der Waals surface area contributed by atoms with E-state index in [9.17, 15) is 14.9 Å². The zero-order valence-corrected chi connectivity index (χ0v) is 13.6. The van der Waals surface area contributed by atoms with Gasteiger partial charge in [0.1, 0.15) is 0 Å². The van der Waals surface area contributed by atoms with Gasteiger partial charge in [-0.3, -0.25) is 14.9 Å². The maximum atomic E-state index is 12.0. The fraction of sp³-hybridized carbons (Fsp3) is 0.462. The van der Waals surface area contributed by atoms with Gasteiger partial charge in [-0.1, -0.05) is 29.8 Å². The molecule has 0 aliphatic heterocycles. The van der Waals surface area contributed by atoms with Crippen molar-refractivity contribution in [2.45, 2.75) is 20.3 Å². The van der Waals surface area contributed by atoms with E-state index >= 15 is 0 Å². The summed E-state index contributed by atoms with van der Waals surface area (Å²) in [6, 6.07) is 4.17. The lowest BCUT2D eigenvalue weighted by atomic mass is 9.90. The van der Waals surface area contributed by atoms with Crippen molar-refractivity contribution in [3.63, 3.8) is 0 Å². The minimum atomic E-state index is -0.529. The predicted octanol–water partition coefficient (Wildman–Crippen LogP) is 3.74. The van der Waals surface area contributed by atoms with Crippen molar-refractivity contribution in [1.82, 2.24) is 5.32 Å². The summed E-state index contributed by atoms with van der Waals surface area (Å²) in [7, 11) is 0. The number of non-ortho nitro benzene ring substituents is 1. The van der Waals surface area contributed by atoms with E-state index in [0.29, 0.717) is 16.9 Å². The van der Waals surface area contributed by atoms with Gasteiger partial charge in [0.05, 0.1) is 4.92 Å². The Kier molecular flexibility index (Phi) is 5.95. The molecular formula is C13H16BrClN2O3. The number of carbonyl (C=O) groups is 1. The van der Waals surface area contributed by atoms with Gasteiger partial charge in [0.15, 0.2) is 0 Å². The Morgan fingerprint density at radius 2 is 2.10 bits per heavy atom. The second kappa shape index (κ2) is 7.04. The molecule has 0 atom stereocenters. The molecule has 0 spiro atoms. The van der Waals surface area contributed by atoms with Crippen molar-refractivity contribution in [1.29, 1.82) is 0 Å². The second-order valence-electron chi connectivity index (χ2n) is 5.24. The Morgan fingerprint density at radius 1 is 1.45 bits per heavy atom. The summed E-state index contributed by atoms with van der Waals surface area (Å²) in [6.07, 6.45) is 0.771. The highest BCUT2D eigenvalue weighted by Crippen LogP contribution is 2.22. The lowest BCUT2D eigenvalue weighted by molar-refractivity contribution is -0.385. The predicted molar refractivity (Wildman–Crippen MR) is 82.2 cm³/mol. The van der Waals surface area contributed by atoms with Crippen molar-refractivity contribution in [3.8, 4) is 0 Å². The topological polar surface area (TPSA) is 72.2 Å². The van der Waals surface area contributed by atoms with Gasteiger partial charge in [0, 0.05) is 34.6 Å². The number of alkyl halides is 1. The van der Waals surface area contributed by atoms with E-state index < -0.39 is 4.92 Å². The van der Waals surface area contributed by atoms with Crippen LogP contribution in [-0.4, -0.2) is 23.3 Å². The van der Waals surface area contributed by atoms with Crippen LogP contribution in [0.5, 0.6) is 0 Å². The molecule has 0 saturated heterocycles. The van der Waals surface area contributed by atoms with Crippen LogP contribution in [0.25, 0.3) is 0 Å². The van der Waals surface area contributed by atoms with Crippen LogP contribution in [0.4, 0.5) is 5.69 Å². The summed E-state index contributed by atoms with van der Waals surface area (Å²) >= 11 is 8.86. The van der Waals surface area contributed by atoms with Gasteiger partial charge >= 0.3 is 0 Å². The molecule has 0 fully saturated rings. The third kappa shape index (κ3) is 5.09. The molecule has 1 aromatic carbocycles. The molecule has 7 heteroatoms. The molecule has 0 bridgehead atoms. The van der Waals surface area contributed by atoms with Gasteiger partial charge in [-0.25, -0.2) is 0 Å². The van der Waals surface area contributed by atoms with Crippen LogP contribution >= 0.6 is 27.5 Å². The van der Waals surface area contributed by atoms with Crippen LogP contribution < -0.4 is 5.32 Å². The number of nitrogens with zero attached hydrogens (tertiary/aromatic N) is 1. The van der Waals surface area contributed by atoms with Crippen LogP contribution in [0.15, 0.2) is 22.7 Å². The standard InChI is InChI=1S/C13H16BrClN2O3/c1-13(2,3-4-15)8-16-12(18)9-5-10(14)7-11(6-9)17(19)20/h5-7H,3-4,8H2,1-2H3,(H,16,18). The van der Waals surface area contributed by atoms with E-state index in [1.165, 1.54) is 12.1 Å². The Hall–Kier alpha value is -1.14. The van der Waals surface area contributed by atoms with E-state index in [0.717, 1.165) is 6.42 Å². The molecule has 0 aromatic heterocycles. The zero-order chi connectivity index (χ0) is 15.3. The lowest BCUT2D eigenvalue weighted by Gasteiger charge is -2.23. The molecule has 1 aromatic rings. The largest absolute Gasteiger partial charge is 0.351 e. The molecule has 0 heterocycles. The monoisotopic (exact) mass is 362 g/mol. The summed E-state index contributed by atoms with van der Waals surface area (Å²) in [5.41, 5.74) is 0.0207. The Morgan fingerprint density at radius 3 is 2.65 bits per heavy atom. The molecule has 110 valence electrons. The van der Waals surface area contributed by atoms with E-state index in [1.54, 1.807) is 6.07 Å². The van der Waals surface area contributed by atoms with Crippen molar-refractivity contribution in [2.75, 3.05) is 12.4 Å². The van der Waals surface area contributed by atoms with Crippen molar-refractivity contribution in [2.24, 2.45) is 5.41 Å². The number of nitro groups is 1. The Balaban J connectivity index is 2.80. The number of nitro benzene ring substituents is 1. The summed E-state index contributed by atoms with van der Waals surface area (Å²) in [5, 5.41) is 13.5. The molecule has 0 aliphatic rings. The molecule has 20 heavy (non-hydrogen) atoms. The summed E-state index contributed by atoms with van der Waals surface area (Å²) < 4.78 is 0.497. The van der Waals surface area contributed by atoms with Crippen LogP contribution in [-0.2, 0) is 0 Å². The smallest absolute Gasteiger partial charge is 0.271 e. The maximum Gasteiger partial charge on any atom is 0.271 e. The minimum absolute atomic E-state index is 0.116. The third-order valence-corrected chi connectivity index (χ3v) is 3.50. The van der Waals surface area contributed by atoms with Crippen molar-refractivity contribution in [3.05, 3.63) is 38.3 Å². The first-order valence-corrected chi connectivity index (χ1v) is 7.37. The number of hydrogen-bond donors (Lipinski definition) is 1. The van der Waals surface area contributed by atoms with Crippen molar-refractivity contribution >= 4 is 39.1 Å². The van der Waals surface area contributed by atoms with E-state index in [1.807, 2.05) is 13.8 Å². The Bertz CT molecular complexity index is 520. The first-order chi connectivity index (χ1) is 9.25. The first-order valence-electron chi connectivity index (χ1n) is 6.04. The number of benzene rings is 1. The quantitative estimate of drug-likeness (QED) is 0.475. The maximum absolute atomic E-state index is 12.0. The molecule has 5 nitrogen and oxygen atoms in total. The fourth-order valence-electron chi connectivity index (χ4n) is 1.58. The Labute approximate surface area is 131 Å². The molecule has 1 rings (SSSR count). The van der Waals surface area contributed by atoms with Gasteiger partial charge in [0.25, 0.3) is 11.6 Å². The number of rotatable bonds is 6. The SMILES string of the molecule is CC(C)(CCCl)CNC(=O)c1cc(Br)cc([N+](=O)[O-])c1. The number of hydrogen-bond acceptors (Lipinski definition) is 3. The van der Waals surface area contributed by atoms with Crippen LogP contribution in [0.3, 0.4) is 0 Å². The molecular weight excluding hydrogens is 348 g/mol. The van der Waals surface area contributed by atoms with Crippen LogP contribution in [0, 0.1) is 15.5 Å². The molecule has 0 radical (unpaired) electrons. The summed E-state index contributed by atoms with van der Waals surface area (Å²) in [4.78, 5) is 22.3. The second-order valence-corrected chi connectivity index (χ2v) is 6.53. The summed E-state index contributed by atoms with van der Waals surface area (Å²) in [5.74, 6) is 0.183. The normalized spacial score (nSPS) is 11.2. The molecule has 0 saturated carbocycles. The van der Waals surface area contributed by atoms with E-state index in [2.05, 4.69) is 21.2 Å². The van der Waals surface area contributed by atoms with Crippen LogP contribution in [0.2, 0.25) is 0 Å². The number of nitrogens with one attached hydrogen (secondary N) is 1. The first kappa shape index (κ1) is 16.9. The highest BCUT2D eigenvalue weighted by molar-refractivity contribution is 9.10. The molecule has 0 aliphatic carbocycles. The number of halogens is 2. The zero-order valence-electron chi connectivity index (χ0n) is 11.3. The van der Waals surface area contributed by atoms with Gasteiger partial charge < -0.3 is 5.32 Å². The van der Waals surface area contributed by atoms with Gasteiger partial charge in [0.2, 0.25) is 0 Å². The highest BCUT2D eigenvalue weighted by Gasteiger charge is 2.19. The number of amides is 1. The van der Waals surface area contributed by atoms with Crippen molar-refractivity contribution < 1.29 is 9.72 Å². The van der Waals surface area contributed by atoms with E-state index in [-0.39, 0.29) is 22.6 Å². The number of carbonyl (C=O) groups excluding carboxylic acids is 1. The minimum Gasteiger partial charge on any atom is -0.351 e. The highest BCUT2D eigenvalue weighted by atomic mass is 79.9. The third-order valence-electron chi connectivity index (χ3n) is 2.85.